The fraction of sp³-hybridized carbons (Fsp3) is 0.643. The first-order chi connectivity index (χ1) is 18.2. The van der Waals surface area contributed by atoms with Crippen LogP contribution in [0.2, 0.25) is 0 Å². The van der Waals surface area contributed by atoms with Gasteiger partial charge in [0.05, 0.1) is 38.3 Å². The molecular weight excluding hydrogens is 494 g/mol. The summed E-state index contributed by atoms with van der Waals surface area (Å²) in [6, 6.07) is 9.10. The highest BCUT2D eigenvalue weighted by Gasteiger charge is 2.29. The molecule has 1 aliphatic heterocycles. The molecule has 10 nitrogen and oxygen atoms in total. The third-order valence-electron chi connectivity index (χ3n) is 5.59. The SMILES string of the molecule is CCOC[C@@H]1CC(=O)CN[C@@H](C(C)C)C(=O)CC(=O)O1.CCOC[C@H](CC(=O)OCc1ccccc1)OC. The Morgan fingerprint density at radius 2 is 1.76 bits per heavy atom. The smallest absolute Gasteiger partial charge is 0.313 e. The van der Waals surface area contributed by atoms with E-state index in [-0.39, 0.29) is 62.0 Å². The summed E-state index contributed by atoms with van der Waals surface area (Å²) < 4.78 is 25.9. The van der Waals surface area contributed by atoms with E-state index in [2.05, 4.69) is 5.32 Å². The number of nitrogens with one attached hydrogen (secondary N) is 1. The molecule has 0 unspecified atom stereocenters. The highest BCUT2D eigenvalue weighted by Crippen LogP contribution is 2.11. The summed E-state index contributed by atoms with van der Waals surface area (Å²) in [5.41, 5.74) is 0.977. The van der Waals surface area contributed by atoms with E-state index in [1.165, 1.54) is 0 Å². The van der Waals surface area contributed by atoms with Crippen molar-refractivity contribution in [1.29, 1.82) is 0 Å². The van der Waals surface area contributed by atoms with Gasteiger partial charge < -0.3 is 29.0 Å². The van der Waals surface area contributed by atoms with E-state index >= 15 is 0 Å². The molecule has 0 bridgehead atoms. The van der Waals surface area contributed by atoms with Crippen molar-refractivity contribution in [2.45, 2.75) is 71.8 Å². The summed E-state index contributed by atoms with van der Waals surface area (Å²) >= 11 is 0. The Hall–Kier alpha value is -2.66. The van der Waals surface area contributed by atoms with Crippen LogP contribution in [0.15, 0.2) is 30.3 Å². The van der Waals surface area contributed by atoms with E-state index in [0.29, 0.717) is 26.4 Å². The maximum Gasteiger partial charge on any atom is 0.313 e. The van der Waals surface area contributed by atoms with Crippen LogP contribution in [0.3, 0.4) is 0 Å². The lowest BCUT2D eigenvalue weighted by Gasteiger charge is -2.24. The lowest BCUT2D eigenvalue weighted by Crippen LogP contribution is -2.46. The fourth-order valence-corrected chi connectivity index (χ4v) is 3.58. The van der Waals surface area contributed by atoms with Crippen molar-refractivity contribution < 1.29 is 42.9 Å². The average Bonchev–Trinajstić information content (AvgIpc) is 2.88. The standard InChI is InChI=1S/C14H23NO5.C14H20O4/c1-4-19-8-11-5-10(16)7-15-14(9(2)3)12(17)6-13(18)20-11;1-3-17-11-13(16-2)9-14(15)18-10-12-7-5-4-6-8-12/h9,11,14-15H,4-8H2,1-3H3;4-8,13H,3,9-11H2,1-2H3/t11-,14-;13-/m00/s1. The molecule has 0 radical (unpaired) electrons. The largest absolute Gasteiger partial charge is 0.461 e. The van der Waals surface area contributed by atoms with Crippen LogP contribution < -0.4 is 5.32 Å². The number of carbonyl (C=O) groups is 4. The van der Waals surface area contributed by atoms with Crippen LogP contribution in [-0.2, 0) is 49.5 Å². The highest BCUT2D eigenvalue weighted by molar-refractivity contribution is 5.99. The molecule has 1 heterocycles. The van der Waals surface area contributed by atoms with E-state index in [4.69, 9.17) is 23.7 Å². The Balaban J connectivity index is 0.000000382. The van der Waals surface area contributed by atoms with Gasteiger partial charge in [-0.3, -0.25) is 19.2 Å². The molecule has 0 spiro atoms. The van der Waals surface area contributed by atoms with Crippen LogP contribution in [0, 0.1) is 5.92 Å². The minimum absolute atomic E-state index is 0.0155. The number of cyclic esters (lactones) is 1. The molecule has 0 amide bonds. The molecule has 0 aliphatic carbocycles. The molecule has 0 saturated carbocycles. The minimum Gasteiger partial charge on any atom is -0.461 e. The summed E-state index contributed by atoms with van der Waals surface area (Å²) in [7, 11) is 1.56. The quantitative estimate of drug-likeness (QED) is 0.314. The summed E-state index contributed by atoms with van der Waals surface area (Å²) in [4.78, 5) is 47.2. The summed E-state index contributed by atoms with van der Waals surface area (Å²) in [6.07, 6.45) is -0.804. The molecule has 214 valence electrons. The first-order valence-corrected chi connectivity index (χ1v) is 13.0. The van der Waals surface area contributed by atoms with Gasteiger partial charge in [-0.1, -0.05) is 44.2 Å². The third kappa shape index (κ3) is 14.3. The van der Waals surface area contributed by atoms with Gasteiger partial charge in [-0.05, 0) is 25.3 Å². The normalized spacial score (nSPS) is 19.3. The van der Waals surface area contributed by atoms with Crippen molar-refractivity contribution in [2.24, 2.45) is 5.92 Å². The van der Waals surface area contributed by atoms with Gasteiger partial charge in [0.1, 0.15) is 24.9 Å². The number of ketones is 2. The number of benzene rings is 1. The van der Waals surface area contributed by atoms with Crippen LogP contribution in [0.4, 0.5) is 0 Å². The fourth-order valence-electron chi connectivity index (χ4n) is 3.58. The zero-order valence-corrected chi connectivity index (χ0v) is 23.2. The predicted molar refractivity (Wildman–Crippen MR) is 140 cm³/mol. The Labute approximate surface area is 225 Å². The van der Waals surface area contributed by atoms with Gasteiger partial charge in [0.15, 0.2) is 5.78 Å². The van der Waals surface area contributed by atoms with Crippen LogP contribution >= 0.6 is 0 Å². The average molecular weight is 538 g/mol. The van der Waals surface area contributed by atoms with E-state index in [9.17, 15) is 19.2 Å². The van der Waals surface area contributed by atoms with Crippen molar-refractivity contribution in [2.75, 3.05) is 40.1 Å². The number of hydrogen-bond donors (Lipinski definition) is 1. The molecule has 2 rings (SSSR count). The van der Waals surface area contributed by atoms with E-state index in [1.807, 2.05) is 58.0 Å². The molecule has 0 aromatic heterocycles. The highest BCUT2D eigenvalue weighted by atomic mass is 16.6. The van der Waals surface area contributed by atoms with Gasteiger partial charge in [-0.2, -0.15) is 0 Å². The summed E-state index contributed by atoms with van der Waals surface area (Å²) in [5.74, 6) is -1.19. The number of carbonyl (C=O) groups excluding carboxylic acids is 4. The van der Waals surface area contributed by atoms with Crippen molar-refractivity contribution >= 4 is 23.5 Å². The van der Waals surface area contributed by atoms with Crippen LogP contribution in [0.25, 0.3) is 0 Å². The Kier molecular flexibility index (Phi) is 17.0. The van der Waals surface area contributed by atoms with Gasteiger partial charge >= 0.3 is 11.9 Å². The van der Waals surface area contributed by atoms with Crippen molar-refractivity contribution in [3.05, 3.63) is 35.9 Å². The first-order valence-electron chi connectivity index (χ1n) is 13.0. The lowest BCUT2D eigenvalue weighted by atomic mass is 9.97. The molecule has 1 fully saturated rings. The zero-order chi connectivity index (χ0) is 28.3. The number of esters is 2. The van der Waals surface area contributed by atoms with Gasteiger partial charge in [-0.25, -0.2) is 0 Å². The molecule has 1 aromatic carbocycles. The molecule has 10 heteroatoms. The van der Waals surface area contributed by atoms with Crippen molar-refractivity contribution in [3.8, 4) is 0 Å². The van der Waals surface area contributed by atoms with Crippen LogP contribution in [0.5, 0.6) is 0 Å². The van der Waals surface area contributed by atoms with Gasteiger partial charge in [-0.15, -0.1) is 0 Å². The first kappa shape index (κ1) is 33.4. The van der Waals surface area contributed by atoms with Crippen LogP contribution in [0.1, 0.15) is 52.5 Å². The summed E-state index contributed by atoms with van der Waals surface area (Å²) in [5, 5.41) is 2.94. The van der Waals surface area contributed by atoms with E-state index in [1.54, 1.807) is 7.11 Å². The summed E-state index contributed by atoms with van der Waals surface area (Å²) in [6.45, 7) is 9.54. The second-order valence-corrected chi connectivity index (χ2v) is 9.13. The maximum atomic E-state index is 12.0. The number of hydrogen-bond acceptors (Lipinski definition) is 10. The molecule has 38 heavy (non-hydrogen) atoms. The van der Waals surface area contributed by atoms with Gasteiger partial charge in [0, 0.05) is 26.7 Å². The monoisotopic (exact) mass is 537 g/mol. The molecule has 3 atom stereocenters. The van der Waals surface area contributed by atoms with Gasteiger partial charge in [0.25, 0.3) is 0 Å². The second-order valence-electron chi connectivity index (χ2n) is 9.13. The van der Waals surface area contributed by atoms with Crippen LogP contribution in [-0.4, -0.2) is 81.8 Å². The molecule has 1 saturated heterocycles. The number of Topliss-reactive ketones (excluding diaryl/α,β-unsaturated/α-hetero) is 2. The minimum atomic E-state index is -0.611. The zero-order valence-electron chi connectivity index (χ0n) is 23.2. The molecule has 1 aliphatic rings. The predicted octanol–water partition coefficient (Wildman–Crippen LogP) is 2.65. The molecule has 1 aromatic rings. The second kappa shape index (κ2) is 19.4. The van der Waals surface area contributed by atoms with E-state index in [0.717, 1.165) is 5.56 Å². The third-order valence-corrected chi connectivity index (χ3v) is 5.59. The Bertz CT molecular complexity index is 844. The lowest BCUT2D eigenvalue weighted by molar-refractivity contribution is -0.156. The Morgan fingerprint density at radius 1 is 1.08 bits per heavy atom. The maximum absolute atomic E-state index is 12.0. The Morgan fingerprint density at radius 3 is 2.37 bits per heavy atom. The molecular formula is C28H43NO9. The number of methoxy groups -OCH3 is 1. The number of rotatable bonds is 12. The van der Waals surface area contributed by atoms with Crippen molar-refractivity contribution in [1.82, 2.24) is 5.32 Å². The topological polar surface area (TPSA) is 126 Å². The van der Waals surface area contributed by atoms with Crippen molar-refractivity contribution in [3.63, 3.8) is 0 Å². The van der Waals surface area contributed by atoms with E-state index < -0.39 is 18.1 Å². The van der Waals surface area contributed by atoms with Gasteiger partial charge in [0.2, 0.25) is 0 Å². The number of ether oxygens (including phenoxy) is 5. The molecule has 1 N–H and O–H groups in total.